The first kappa shape index (κ1) is 18.8. The van der Waals surface area contributed by atoms with Crippen LogP contribution in [0.2, 0.25) is 0 Å². The molecule has 2 rings (SSSR count). The highest BCUT2D eigenvalue weighted by Crippen LogP contribution is 2.37. The SMILES string of the molecule is O=C(Nc1cc(C(F)(F)F)cc(C(F)(F)F)c1)c1ccccc1CO. The fraction of sp³-hybridized carbons (Fsp3) is 0.188. The molecular weight excluding hydrogens is 352 g/mol. The summed E-state index contributed by atoms with van der Waals surface area (Å²) in [6.07, 6.45) is -10.0. The Bertz CT molecular complexity index is 751. The fourth-order valence-corrected chi connectivity index (χ4v) is 2.11. The number of aliphatic hydroxyl groups is 1. The van der Waals surface area contributed by atoms with Crippen molar-refractivity contribution in [2.24, 2.45) is 0 Å². The van der Waals surface area contributed by atoms with E-state index in [2.05, 4.69) is 0 Å². The highest BCUT2D eigenvalue weighted by Gasteiger charge is 2.37. The molecule has 0 bridgehead atoms. The molecule has 0 aliphatic carbocycles. The fourth-order valence-electron chi connectivity index (χ4n) is 2.11. The molecule has 2 aromatic rings. The van der Waals surface area contributed by atoms with Crippen LogP contribution in [-0.2, 0) is 19.0 Å². The number of nitrogens with one attached hydrogen (secondary N) is 1. The molecule has 0 heterocycles. The van der Waals surface area contributed by atoms with Gasteiger partial charge in [0.2, 0.25) is 0 Å². The summed E-state index contributed by atoms with van der Waals surface area (Å²) < 4.78 is 76.8. The second-order valence-corrected chi connectivity index (χ2v) is 5.06. The van der Waals surface area contributed by atoms with Gasteiger partial charge in [-0.1, -0.05) is 18.2 Å². The maximum absolute atomic E-state index is 12.8. The Hall–Kier alpha value is -2.55. The quantitative estimate of drug-likeness (QED) is 0.791. The van der Waals surface area contributed by atoms with Crippen molar-refractivity contribution in [2.75, 3.05) is 5.32 Å². The summed E-state index contributed by atoms with van der Waals surface area (Å²) in [5.41, 5.74) is -3.60. The lowest BCUT2D eigenvalue weighted by Gasteiger charge is -2.15. The van der Waals surface area contributed by atoms with E-state index in [0.29, 0.717) is 12.1 Å². The number of carbonyl (C=O) groups excluding carboxylic acids is 1. The molecule has 1 amide bonds. The van der Waals surface area contributed by atoms with Crippen LogP contribution in [0.4, 0.5) is 32.0 Å². The maximum atomic E-state index is 12.8. The molecule has 0 spiro atoms. The molecule has 0 atom stereocenters. The monoisotopic (exact) mass is 363 g/mol. The lowest BCUT2D eigenvalue weighted by Crippen LogP contribution is -2.17. The first-order valence-electron chi connectivity index (χ1n) is 6.82. The Balaban J connectivity index is 2.43. The van der Waals surface area contributed by atoms with Gasteiger partial charge in [0.15, 0.2) is 0 Å². The van der Waals surface area contributed by atoms with Crippen molar-refractivity contribution >= 4 is 11.6 Å². The summed E-state index contributed by atoms with van der Waals surface area (Å²) in [4.78, 5) is 12.1. The van der Waals surface area contributed by atoms with Crippen LogP contribution in [0.3, 0.4) is 0 Å². The van der Waals surface area contributed by atoms with Crippen molar-refractivity contribution in [3.63, 3.8) is 0 Å². The summed E-state index contributed by atoms with van der Waals surface area (Å²) >= 11 is 0. The largest absolute Gasteiger partial charge is 0.416 e. The van der Waals surface area contributed by atoms with Crippen LogP contribution in [0.15, 0.2) is 42.5 Å². The van der Waals surface area contributed by atoms with Gasteiger partial charge in [0, 0.05) is 11.3 Å². The third kappa shape index (κ3) is 4.50. The lowest BCUT2D eigenvalue weighted by atomic mass is 10.1. The number of hydrogen-bond acceptors (Lipinski definition) is 2. The Morgan fingerprint density at radius 3 is 1.92 bits per heavy atom. The highest BCUT2D eigenvalue weighted by atomic mass is 19.4. The Kier molecular flexibility index (Phi) is 5.07. The molecule has 0 aliphatic rings. The van der Waals surface area contributed by atoms with Crippen molar-refractivity contribution in [3.8, 4) is 0 Å². The Labute approximate surface area is 137 Å². The molecule has 0 saturated heterocycles. The van der Waals surface area contributed by atoms with Crippen LogP contribution in [-0.4, -0.2) is 11.0 Å². The van der Waals surface area contributed by atoms with Gasteiger partial charge in [-0.25, -0.2) is 0 Å². The molecule has 9 heteroatoms. The Morgan fingerprint density at radius 2 is 1.44 bits per heavy atom. The van der Waals surface area contributed by atoms with Gasteiger partial charge in [0.1, 0.15) is 0 Å². The summed E-state index contributed by atoms with van der Waals surface area (Å²) in [6.45, 7) is -0.514. The zero-order valence-electron chi connectivity index (χ0n) is 12.4. The normalized spacial score (nSPS) is 12.1. The molecule has 0 unspecified atom stereocenters. The maximum Gasteiger partial charge on any atom is 0.416 e. The molecule has 134 valence electrons. The van der Waals surface area contributed by atoms with E-state index in [1.807, 2.05) is 5.32 Å². The average molecular weight is 363 g/mol. The lowest BCUT2D eigenvalue weighted by molar-refractivity contribution is -0.143. The van der Waals surface area contributed by atoms with Crippen LogP contribution in [0.25, 0.3) is 0 Å². The summed E-state index contributed by atoms with van der Waals surface area (Å²) in [5, 5.41) is 11.2. The smallest absolute Gasteiger partial charge is 0.392 e. The molecule has 0 fully saturated rings. The van der Waals surface area contributed by atoms with Crippen molar-refractivity contribution < 1.29 is 36.2 Å². The molecular formula is C16H11F6NO2. The van der Waals surface area contributed by atoms with Gasteiger partial charge >= 0.3 is 12.4 Å². The number of hydrogen-bond donors (Lipinski definition) is 2. The molecule has 0 aromatic heterocycles. The van der Waals surface area contributed by atoms with E-state index in [-0.39, 0.29) is 17.2 Å². The zero-order chi connectivity index (χ0) is 18.8. The van der Waals surface area contributed by atoms with Crippen molar-refractivity contribution in [2.45, 2.75) is 19.0 Å². The summed E-state index contributed by atoms with van der Waals surface area (Å²) in [6, 6.07) is 6.46. The summed E-state index contributed by atoms with van der Waals surface area (Å²) in [7, 11) is 0. The topological polar surface area (TPSA) is 49.3 Å². The number of aliphatic hydroxyl groups excluding tert-OH is 1. The molecule has 2 N–H and O–H groups in total. The van der Waals surface area contributed by atoms with Crippen LogP contribution in [0.5, 0.6) is 0 Å². The van der Waals surface area contributed by atoms with Crippen LogP contribution >= 0.6 is 0 Å². The van der Waals surface area contributed by atoms with Gasteiger partial charge in [-0.15, -0.1) is 0 Å². The van der Waals surface area contributed by atoms with E-state index in [0.717, 1.165) is 0 Å². The standard InChI is InChI=1S/C16H11F6NO2/c17-15(18,19)10-5-11(16(20,21)22)7-12(6-10)23-14(25)13-4-2-1-3-9(13)8-24/h1-7,24H,8H2,(H,23,25). The number of benzene rings is 2. The van der Waals surface area contributed by atoms with Gasteiger partial charge in [0.25, 0.3) is 5.91 Å². The van der Waals surface area contributed by atoms with Gasteiger partial charge in [-0.2, -0.15) is 26.3 Å². The minimum Gasteiger partial charge on any atom is -0.392 e. The number of rotatable bonds is 3. The molecule has 0 radical (unpaired) electrons. The van der Waals surface area contributed by atoms with Crippen molar-refractivity contribution in [1.82, 2.24) is 0 Å². The molecule has 3 nitrogen and oxygen atoms in total. The van der Waals surface area contributed by atoms with E-state index in [1.54, 1.807) is 0 Å². The number of halogens is 6. The van der Waals surface area contributed by atoms with Crippen LogP contribution < -0.4 is 5.32 Å². The molecule has 25 heavy (non-hydrogen) atoms. The average Bonchev–Trinajstić information content (AvgIpc) is 2.52. The molecule has 0 aliphatic heterocycles. The van der Waals surface area contributed by atoms with Crippen LogP contribution in [0, 0.1) is 0 Å². The molecule has 2 aromatic carbocycles. The third-order valence-electron chi connectivity index (χ3n) is 3.28. The van der Waals surface area contributed by atoms with E-state index in [4.69, 9.17) is 5.11 Å². The highest BCUT2D eigenvalue weighted by molar-refractivity contribution is 6.05. The number of amides is 1. The first-order chi connectivity index (χ1) is 11.5. The van der Waals surface area contributed by atoms with Gasteiger partial charge in [-0.3, -0.25) is 4.79 Å². The second-order valence-electron chi connectivity index (χ2n) is 5.06. The first-order valence-corrected chi connectivity index (χ1v) is 6.82. The number of carbonyl (C=O) groups is 1. The van der Waals surface area contributed by atoms with E-state index in [1.165, 1.54) is 24.3 Å². The Morgan fingerprint density at radius 1 is 0.920 bits per heavy atom. The van der Waals surface area contributed by atoms with Gasteiger partial charge in [0.05, 0.1) is 17.7 Å². The third-order valence-corrected chi connectivity index (χ3v) is 3.28. The summed E-state index contributed by atoms with van der Waals surface area (Å²) in [5.74, 6) is -0.933. The second kappa shape index (κ2) is 6.75. The van der Waals surface area contributed by atoms with Crippen molar-refractivity contribution in [1.29, 1.82) is 0 Å². The van der Waals surface area contributed by atoms with E-state index in [9.17, 15) is 31.1 Å². The predicted octanol–water partition coefficient (Wildman–Crippen LogP) is 4.47. The van der Waals surface area contributed by atoms with E-state index < -0.39 is 41.7 Å². The van der Waals surface area contributed by atoms with Gasteiger partial charge in [-0.05, 0) is 29.8 Å². The minimum atomic E-state index is -5.01. The molecule has 0 saturated carbocycles. The zero-order valence-corrected chi connectivity index (χ0v) is 12.4. The van der Waals surface area contributed by atoms with E-state index >= 15 is 0 Å². The van der Waals surface area contributed by atoms with Crippen molar-refractivity contribution in [3.05, 3.63) is 64.7 Å². The van der Waals surface area contributed by atoms with Gasteiger partial charge < -0.3 is 10.4 Å². The predicted molar refractivity (Wildman–Crippen MR) is 76.8 cm³/mol. The number of anilines is 1. The number of alkyl halides is 6. The minimum absolute atomic E-state index is 0.0304. The van der Waals surface area contributed by atoms with Crippen LogP contribution in [0.1, 0.15) is 27.0 Å².